The van der Waals surface area contributed by atoms with Crippen LogP contribution in [0.15, 0.2) is 48.8 Å². The van der Waals surface area contributed by atoms with Gasteiger partial charge in [-0.15, -0.1) is 0 Å². The molecule has 1 heterocycles. The summed E-state index contributed by atoms with van der Waals surface area (Å²) < 4.78 is 19.3. The number of ether oxygens (including phenoxy) is 1. The summed E-state index contributed by atoms with van der Waals surface area (Å²) in [6.45, 7) is 0. The first-order chi connectivity index (χ1) is 10.1. The van der Waals surface area contributed by atoms with E-state index in [1.54, 1.807) is 30.3 Å². The predicted octanol–water partition coefficient (Wildman–Crippen LogP) is 2.66. The fourth-order valence-corrected chi connectivity index (χ4v) is 1.93. The molecule has 0 atom stereocenters. The molecule has 0 spiro atoms. The zero-order valence-electron chi connectivity index (χ0n) is 10.8. The van der Waals surface area contributed by atoms with Crippen molar-refractivity contribution in [2.75, 3.05) is 0 Å². The first-order valence-electron chi connectivity index (χ1n) is 6.12. The van der Waals surface area contributed by atoms with Crippen molar-refractivity contribution in [2.45, 2.75) is 0 Å². The van der Waals surface area contributed by atoms with E-state index in [0.29, 0.717) is 16.7 Å². The van der Waals surface area contributed by atoms with Gasteiger partial charge in [0.15, 0.2) is 0 Å². The van der Waals surface area contributed by atoms with Crippen LogP contribution in [0.4, 0.5) is 4.39 Å². The summed E-state index contributed by atoms with van der Waals surface area (Å²) in [6, 6.07) is 10.9. The minimum Gasteiger partial charge on any atom is -0.438 e. The monoisotopic (exact) mass is 283 g/mol. The maximum absolute atomic E-state index is 13.7. The molecule has 0 aliphatic rings. The van der Waals surface area contributed by atoms with Gasteiger partial charge in [0.1, 0.15) is 23.4 Å². The van der Waals surface area contributed by atoms with Crippen molar-refractivity contribution in [2.24, 2.45) is 5.73 Å². The molecule has 0 radical (unpaired) electrons. The molecule has 104 valence electrons. The molecule has 21 heavy (non-hydrogen) atoms. The quantitative estimate of drug-likeness (QED) is 0.801. The minimum absolute atomic E-state index is 0.175. The van der Waals surface area contributed by atoms with E-state index in [0.717, 1.165) is 0 Å². The second-order valence-electron chi connectivity index (χ2n) is 4.31. The van der Waals surface area contributed by atoms with Crippen LogP contribution in [0.3, 0.4) is 0 Å². The predicted molar refractivity (Wildman–Crippen MR) is 74.5 cm³/mol. The first kappa shape index (κ1) is 13.0. The fraction of sp³-hybridized carbons (Fsp3) is 0. The van der Waals surface area contributed by atoms with E-state index < -0.39 is 11.7 Å². The summed E-state index contributed by atoms with van der Waals surface area (Å²) >= 11 is 0. The Kier molecular flexibility index (Phi) is 3.19. The van der Waals surface area contributed by atoms with Gasteiger partial charge in [0.2, 0.25) is 11.8 Å². The third kappa shape index (κ3) is 2.51. The normalized spacial score (nSPS) is 10.5. The van der Waals surface area contributed by atoms with Crippen molar-refractivity contribution in [1.82, 2.24) is 9.97 Å². The van der Waals surface area contributed by atoms with E-state index in [1.807, 2.05) is 0 Å². The number of primary amides is 1. The topological polar surface area (TPSA) is 78.1 Å². The maximum Gasteiger partial charge on any atom is 0.248 e. The number of hydrogen-bond donors (Lipinski definition) is 1. The Balaban J connectivity index is 2.04. The molecule has 1 aromatic heterocycles. The molecule has 0 fully saturated rings. The average molecular weight is 283 g/mol. The lowest BCUT2D eigenvalue weighted by molar-refractivity contribution is 0.1000. The number of hydrogen-bond acceptors (Lipinski definition) is 4. The van der Waals surface area contributed by atoms with Crippen molar-refractivity contribution < 1.29 is 13.9 Å². The second kappa shape index (κ2) is 5.16. The lowest BCUT2D eigenvalue weighted by Crippen LogP contribution is -2.10. The van der Waals surface area contributed by atoms with Crippen molar-refractivity contribution in [3.63, 3.8) is 0 Å². The zero-order chi connectivity index (χ0) is 14.8. The summed E-state index contributed by atoms with van der Waals surface area (Å²) in [7, 11) is 0. The molecular formula is C15H10FN3O2. The van der Waals surface area contributed by atoms with Crippen molar-refractivity contribution in [3.05, 3.63) is 60.2 Å². The van der Waals surface area contributed by atoms with Gasteiger partial charge in [0, 0.05) is 5.56 Å². The van der Waals surface area contributed by atoms with Crippen LogP contribution in [0, 0.1) is 5.82 Å². The van der Waals surface area contributed by atoms with Crippen LogP contribution in [0.5, 0.6) is 11.6 Å². The maximum atomic E-state index is 13.7. The number of rotatable bonds is 3. The van der Waals surface area contributed by atoms with Gasteiger partial charge >= 0.3 is 0 Å². The highest BCUT2D eigenvalue weighted by atomic mass is 19.1. The summed E-state index contributed by atoms with van der Waals surface area (Å²) in [4.78, 5) is 19.0. The molecule has 0 aliphatic heterocycles. The van der Waals surface area contributed by atoms with Gasteiger partial charge in [0.25, 0.3) is 0 Å². The average Bonchev–Trinajstić information content (AvgIpc) is 2.49. The van der Waals surface area contributed by atoms with Gasteiger partial charge in [0.05, 0.1) is 5.39 Å². The van der Waals surface area contributed by atoms with E-state index >= 15 is 0 Å². The van der Waals surface area contributed by atoms with E-state index in [2.05, 4.69) is 9.97 Å². The molecule has 0 saturated carbocycles. The fourth-order valence-electron chi connectivity index (χ4n) is 1.93. The number of halogens is 1. The first-order valence-corrected chi connectivity index (χ1v) is 6.12. The Labute approximate surface area is 119 Å². The Morgan fingerprint density at radius 2 is 1.95 bits per heavy atom. The SMILES string of the molecule is NC(=O)c1cccc(Oc2ncnc3c(F)cccc23)c1. The number of nitrogens with two attached hydrogens (primary N) is 1. The Bertz CT molecular complexity index is 836. The van der Waals surface area contributed by atoms with E-state index in [9.17, 15) is 9.18 Å². The molecule has 3 aromatic rings. The van der Waals surface area contributed by atoms with Crippen LogP contribution in [0.2, 0.25) is 0 Å². The molecule has 6 heteroatoms. The lowest BCUT2D eigenvalue weighted by atomic mass is 10.2. The molecule has 0 saturated heterocycles. The molecule has 1 amide bonds. The molecule has 0 unspecified atom stereocenters. The summed E-state index contributed by atoms with van der Waals surface area (Å²) in [5, 5.41) is 0.446. The number of benzene rings is 2. The van der Waals surface area contributed by atoms with Crippen LogP contribution in [-0.2, 0) is 0 Å². The number of para-hydroxylation sites is 1. The molecule has 5 nitrogen and oxygen atoms in total. The molecular weight excluding hydrogens is 273 g/mol. The van der Waals surface area contributed by atoms with Gasteiger partial charge in [-0.3, -0.25) is 4.79 Å². The van der Waals surface area contributed by atoms with E-state index in [1.165, 1.54) is 18.5 Å². The highest BCUT2D eigenvalue weighted by Gasteiger charge is 2.10. The Hall–Kier alpha value is -3.02. The van der Waals surface area contributed by atoms with Crippen LogP contribution in [0.1, 0.15) is 10.4 Å². The number of aromatic nitrogens is 2. The Morgan fingerprint density at radius 1 is 1.14 bits per heavy atom. The smallest absolute Gasteiger partial charge is 0.248 e. The van der Waals surface area contributed by atoms with Crippen LogP contribution < -0.4 is 10.5 Å². The summed E-state index contributed by atoms with van der Waals surface area (Å²) in [5.41, 5.74) is 5.71. The largest absolute Gasteiger partial charge is 0.438 e. The van der Waals surface area contributed by atoms with Gasteiger partial charge in [-0.2, -0.15) is 0 Å². The van der Waals surface area contributed by atoms with E-state index in [-0.39, 0.29) is 11.4 Å². The third-order valence-corrected chi connectivity index (χ3v) is 2.91. The molecule has 2 aromatic carbocycles. The van der Waals surface area contributed by atoms with Gasteiger partial charge in [-0.05, 0) is 30.3 Å². The summed E-state index contributed by atoms with van der Waals surface area (Å²) in [5.74, 6) is -0.415. The standard InChI is InChI=1S/C15H10FN3O2/c16-12-6-2-5-11-13(12)18-8-19-15(11)21-10-4-1-3-9(7-10)14(17)20/h1-8H,(H2,17,20). The van der Waals surface area contributed by atoms with Crippen LogP contribution >= 0.6 is 0 Å². The van der Waals surface area contributed by atoms with Gasteiger partial charge in [-0.1, -0.05) is 12.1 Å². The highest BCUT2D eigenvalue weighted by molar-refractivity contribution is 5.93. The van der Waals surface area contributed by atoms with Crippen molar-refractivity contribution in [3.8, 4) is 11.6 Å². The number of nitrogens with zero attached hydrogens (tertiary/aromatic N) is 2. The third-order valence-electron chi connectivity index (χ3n) is 2.91. The zero-order valence-corrected chi connectivity index (χ0v) is 10.8. The van der Waals surface area contributed by atoms with Gasteiger partial charge < -0.3 is 10.5 Å². The molecule has 0 aliphatic carbocycles. The van der Waals surface area contributed by atoms with Crippen LogP contribution in [-0.4, -0.2) is 15.9 Å². The van der Waals surface area contributed by atoms with Crippen molar-refractivity contribution in [1.29, 1.82) is 0 Å². The lowest BCUT2D eigenvalue weighted by Gasteiger charge is -2.08. The number of carbonyl (C=O) groups excluding carboxylic acids is 1. The Morgan fingerprint density at radius 3 is 2.76 bits per heavy atom. The number of fused-ring (bicyclic) bond motifs is 1. The second-order valence-corrected chi connectivity index (χ2v) is 4.31. The molecule has 2 N–H and O–H groups in total. The molecule has 3 rings (SSSR count). The highest BCUT2D eigenvalue weighted by Crippen LogP contribution is 2.27. The molecule has 0 bridgehead atoms. The van der Waals surface area contributed by atoms with Crippen LogP contribution in [0.25, 0.3) is 10.9 Å². The summed E-state index contributed by atoms with van der Waals surface area (Å²) in [6.07, 6.45) is 1.22. The number of amides is 1. The van der Waals surface area contributed by atoms with Crippen molar-refractivity contribution >= 4 is 16.8 Å². The van der Waals surface area contributed by atoms with Gasteiger partial charge in [-0.25, -0.2) is 14.4 Å². The minimum atomic E-state index is -0.556. The number of carbonyl (C=O) groups is 1. The van der Waals surface area contributed by atoms with E-state index in [4.69, 9.17) is 10.5 Å².